The number of rotatable bonds is 6. The van der Waals surface area contributed by atoms with E-state index in [2.05, 4.69) is 20.4 Å². The van der Waals surface area contributed by atoms with E-state index in [-0.39, 0.29) is 11.5 Å². The van der Waals surface area contributed by atoms with Crippen molar-refractivity contribution in [3.05, 3.63) is 71.6 Å². The summed E-state index contributed by atoms with van der Waals surface area (Å²) in [7, 11) is 1.30. The maximum atomic E-state index is 12.1. The van der Waals surface area contributed by atoms with Crippen molar-refractivity contribution in [1.29, 1.82) is 0 Å². The second-order valence-electron chi connectivity index (χ2n) is 5.43. The Balaban J connectivity index is 1.90. The summed E-state index contributed by atoms with van der Waals surface area (Å²) < 4.78 is 4.61. The predicted octanol–water partition coefficient (Wildman–Crippen LogP) is 2.07. The van der Waals surface area contributed by atoms with Gasteiger partial charge in [-0.25, -0.2) is 4.79 Å². The van der Waals surface area contributed by atoms with Crippen LogP contribution in [0.5, 0.6) is 0 Å². The Labute approximate surface area is 151 Å². The second-order valence-corrected chi connectivity index (χ2v) is 5.43. The highest BCUT2D eigenvalue weighted by atomic mass is 16.5. The number of carbonyl (C=O) groups is 3. The lowest BCUT2D eigenvalue weighted by Crippen LogP contribution is -2.22. The number of aromatic nitrogens is 1. The number of nitrogens with one attached hydrogen (secondary N) is 2. The Morgan fingerprint density at radius 1 is 1.15 bits per heavy atom. The molecule has 0 aliphatic heterocycles. The number of ether oxygens (including phenoxy) is 1. The van der Waals surface area contributed by atoms with Gasteiger partial charge < -0.3 is 15.4 Å². The van der Waals surface area contributed by atoms with Gasteiger partial charge in [0.05, 0.1) is 12.7 Å². The van der Waals surface area contributed by atoms with Crippen LogP contribution in [0.4, 0.5) is 5.69 Å². The largest absolute Gasteiger partial charge is 0.465 e. The molecular weight excluding hydrogens is 334 g/mol. The van der Waals surface area contributed by atoms with E-state index in [1.54, 1.807) is 49.6 Å². The Bertz CT molecular complexity index is 814. The van der Waals surface area contributed by atoms with E-state index >= 15 is 0 Å². The van der Waals surface area contributed by atoms with Crippen LogP contribution in [0.3, 0.4) is 0 Å². The number of methoxy groups -OCH3 is 1. The molecule has 2 aromatic rings. The molecule has 1 aromatic heterocycles. The van der Waals surface area contributed by atoms with Gasteiger partial charge in [0, 0.05) is 36.3 Å². The third-order valence-electron chi connectivity index (χ3n) is 3.46. The summed E-state index contributed by atoms with van der Waals surface area (Å²) in [5.41, 5.74) is 2.01. The molecule has 0 aliphatic carbocycles. The molecule has 0 radical (unpaired) electrons. The highest BCUT2D eigenvalue weighted by Gasteiger charge is 2.09. The maximum absolute atomic E-state index is 12.1. The van der Waals surface area contributed by atoms with E-state index in [0.717, 1.165) is 5.56 Å². The van der Waals surface area contributed by atoms with Gasteiger partial charge in [0.2, 0.25) is 5.91 Å². The van der Waals surface area contributed by atoms with Crippen LogP contribution in [-0.4, -0.2) is 29.9 Å². The summed E-state index contributed by atoms with van der Waals surface area (Å²) in [5, 5.41) is 5.34. The molecule has 0 atom stereocenters. The van der Waals surface area contributed by atoms with Crippen molar-refractivity contribution in [2.45, 2.75) is 13.5 Å². The van der Waals surface area contributed by atoms with Crippen LogP contribution < -0.4 is 10.6 Å². The Morgan fingerprint density at radius 3 is 2.50 bits per heavy atom. The van der Waals surface area contributed by atoms with Crippen LogP contribution in [0.25, 0.3) is 0 Å². The molecule has 0 fully saturated rings. The van der Waals surface area contributed by atoms with Gasteiger partial charge in [0.1, 0.15) is 0 Å². The number of benzene rings is 1. The lowest BCUT2D eigenvalue weighted by molar-refractivity contribution is -0.117. The van der Waals surface area contributed by atoms with Gasteiger partial charge >= 0.3 is 5.97 Å². The summed E-state index contributed by atoms with van der Waals surface area (Å²) in [6.07, 6.45) is 4.54. The lowest BCUT2D eigenvalue weighted by atomic mass is 10.2. The molecule has 0 spiro atoms. The number of esters is 1. The van der Waals surface area contributed by atoms with E-state index in [4.69, 9.17) is 0 Å². The zero-order valence-electron chi connectivity index (χ0n) is 14.5. The molecular formula is C19H19N3O4. The molecule has 2 rings (SSSR count). The molecule has 0 aliphatic rings. The second kappa shape index (κ2) is 9.12. The number of amides is 2. The molecule has 2 amide bonds. The molecule has 26 heavy (non-hydrogen) atoms. The van der Waals surface area contributed by atoms with Crippen molar-refractivity contribution in [2.24, 2.45) is 0 Å². The highest BCUT2D eigenvalue weighted by Crippen LogP contribution is 2.11. The minimum Gasteiger partial charge on any atom is -0.465 e. The van der Waals surface area contributed by atoms with Crippen molar-refractivity contribution < 1.29 is 19.1 Å². The quantitative estimate of drug-likeness (QED) is 0.612. The van der Waals surface area contributed by atoms with Gasteiger partial charge in [-0.3, -0.25) is 14.6 Å². The number of nitrogens with zero attached hydrogens (tertiary/aromatic N) is 1. The zero-order valence-corrected chi connectivity index (χ0v) is 14.5. The molecule has 1 aromatic carbocycles. The number of hydrogen-bond acceptors (Lipinski definition) is 5. The summed E-state index contributed by atoms with van der Waals surface area (Å²) >= 11 is 0. The third-order valence-corrected chi connectivity index (χ3v) is 3.46. The molecule has 134 valence electrons. The van der Waals surface area contributed by atoms with Crippen molar-refractivity contribution in [1.82, 2.24) is 10.3 Å². The fourth-order valence-corrected chi connectivity index (χ4v) is 2.04. The van der Waals surface area contributed by atoms with Crippen LogP contribution in [-0.2, 0) is 20.9 Å². The number of anilines is 1. The number of carbonyl (C=O) groups excluding carboxylic acids is 3. The maximum Gasteiger partial charge on any atom is 0.337 e. The van der Waals surface area contributed by atoms with E-state index in [0.29, 0.717) is 17.8 Å². The number of pyridine rings is 1. The zero-order chi connectivity index (χ0) is 18.9. The average molecular weight is 353 g/mol. The molecule has 0 saturated heterocycles. The normalized spacial score (nSPS) is 10.8. The van der Waals surface area contributed by atoms with E-state index in [9.17, 15) is 14.4 Å². The van der Waals surface area contributed by atoms with Crippen molar-refractivity contribution in [3.8, 4) is 0 Å². The van der Waals surface area contributed by atoms with Crippen LogP contribution in [0.2, 0.25) is 0 Å². The van der Waals surface area contributed by atoms with Crippen LogP contribution in [0.15, 0.2) is 60.4 Å². The van der Waals surface area contributed by atoms with Gasteiger partial charge in [0.25, 0.3) is 5.91 Å². The minimum absolute atomic E-state index is 0.255. The third kappa shape index (κ3) is 5.55. The molecule has 2 N–H and O–H groups in total. The van der Waals surface area contributed by atoms with E-state index < -0.39 is 11.9 Å². The number of hydrogen-bond donors (Lipinski definition) is 2. The fourth-order valence-electron chi connectivity index (χ4n) is 2.04. The minimum atomic E-state index is -0.454. The summed E-state index contributed by atoms with van der Waals surface area (Å²) in [4.78, 5) is 39.4. The Morgan fingerprint density at radius 2 is 1.88 bits per heavy atom. The van der Waals surface area contributed by atoms with Gasteiger partial charge in [-0.05, 0) is 42.8 Å². The van der Waals surface area contributed by atoms with Crippen LogP contribution in [0, 0.1) is 0 Å². The molecule has 0 saturated carbocycles. The molecule has 0 unspecified atom stereocenters. The standard InChI is InChI=1S/C19H19N3O4/c1-13(10-17(23)21-12-14-4-3-9-20-11-14)18(24)22-16-7-5-15(6-8-16)19(25)26-2/h3-11H,12H2,1-2H3,(H,21,23)(H,22,24)/b13-10+. The van der Waals surface area contributed by atoms with Crippen molar-refractivity contribution in [2.75, 3.05) is 12.4 Å². The first-order chi connectivity index (χ1) is 12.5. The van der Waals surface area contributed by atoms with Gasteiger partial charge in [-0.2, -0.15) is 0 Å². The molecule has 7 nitrogen and oxygen atoms in total. The molecule has 1 heterocycles. The molecule has 0 bridgehead atoms. The Kier molecular flexibility index (Phi) is 6.61. The van der Waals surface area contributed by atoms with Crippen LogP contribution >= 0.6 is 0 Å². The summed E-state index contributed by atoms with van der Waals surface area (Å²) in [6.45, 7) is 1.87. The molecule has 7 heteroatoms. The monoisotopic (exact) mass is 353 g/mol. The first-order valence-corrected chi connectivity index (χ1v) is 7.84. The average Bonchev–Trinajstić information content (AvgIpc) is 2.67. The Hall–Kier alpha value is -3.48. The first kappa shape index (κ1) is 18.9. The van der Waals surface area contributed by atoms with Gasteiger partial charge in [-0.15, -0.1) is 0 Å². The van der Waals surface area contributed by atoms with Crippen LogP contribution in [0.1, 0.15) is 22.8 Å². The topological polar surface area (TPSA) is 97.4 Å². The highest BCUT2D eigenvalue weighted by molar-refractivity contribution is 6.07. The predicted molar refractivity (Wildman–Crippen MR) is 96.3 cm³/mol. The SMILES string of the molecule is COC(=O)c1ccc(NC(=O)/C(C)=C/C(=O)NCc2cccnc2)cc1. The first-order valence-electron chi connectivity index (χ1n) is 7.84. The fraction of sp³-hybridized carbons (Fsp3) is 0.158. The van der Waals surface area contributed by atoms with Crippen molar-refractivity contribution in [3.63, 3.8) is 0 Å². The van der Waals surface area contributed by atoms with E-state index in [1.807, 2.05) is 6.07 Å². The summed E-state index contributed by atoms with van der Waals surface area (Å²) in [5.74, 6) is -1.24. The van der Waals surface area contributed by atoms with E-state index in [1.165, 1.54) is 13.2 Å². The summed E-state index contributed by atoms with van der Waals surface area (Å²) in [6, 6.07) is 9.87. The smallest absolute Gasteiger partial charge is 0.337 e. The lowest BCUT2D eigenvalue weighted by Gasteiger charge is -2.07. The van der Waals surface area contributed by atoms with Crippen molar-refractivity contribution >= 4 is 23.5 Å². The van der Waals surface area contributed by atoms with Gasteiger partial charge in [-0.1, -0.05) is 6.07 Å². The van der Waals surface area contributed by atoms with Gasteiger partial charge in [0.15, 0.2) is 0 Å².